The predicted molar refractivity (Wildman–Crippen MR) is 113 cm³/mol. The van der Waals surface area contributed by atoms with Crippen LogP contribution in [0.3, 0.4) is 0 Å². The number of hydrogen-bond donors (Lipinski definition) is 1. The number of anilines is 1. The zero-order valence-electron chi connectivity index (χ0n) is 16.3. The van der Waals surface area contributed by atoms with Crippen molar-refractivity contribution in [3.63, 3.8) is 0 Å². The number of nitrogens with one attached hydrogen (secondary N) is 1. The summed E-state index contributed by atoms with van der Waals surface area (Å²) in [6.45, 7) is 5.94. The fraction of sp³-hybridized carbons (Fsp3) is 0.174. The van der Waals surface area contributed by atoms with Crippen LogP contribution in [0.2, 0.25) is 5.02 Å². The highest BCUT2D eigenvalue weighted by molar-refractivity contribution is 6.31. The van der Waals surface area contributed by atoms with Gasteiger partial charge in [0.25, 0.3) is 5.91 Å². The number of carbonyl (C=O) groups excluding carboxylic acids is 1. The largest absolute Gasteiger partial charge is 0.497 e. The van der Waals surface area contributed by atoms with Crippen LogP contribution in [-0.4, -0.2) is 13.0 Å². The highest BCUT2D eigenvalue weighted by Gasteiger charge is 2.14. The summed E-state index contributed by atoms with van der Waals surface area (Å²) < 4.78 is 11.1. The second-order valence-electron chi connectivity index (χ2n) is 6.62. The summed E-state index contributed by atoms with van der Waals surface area (Å²) in [4.78, 5) is 12.9. The van der Waals surface area contributed by atoms with E-state index in [1.807, 2.05) is 45.0 Å². The molecule has 0 spiro atoms. The Morgan fingerprint density at radius 3 is 2.18 bits per heavy atom. The normalized spacial score (nSPS) is 10.5. The van der Waals surface area contributed by atoms with Crippen LogP contribution >= 0.6 is 11.6 Å². The molecule has 3 aromatic rings. The van der Waals surface area contributed by atoms with Gasteiger partial charge in [-0.1, -0.05) is 17.7 Å². The van der Waals surface area contributed by atoms with Gasteiger partial charge in [-0.15, -0.1) is 0 Å². The summed E-state index contributed by atoms with van der Waals surface area (Å²) in [7, 11) is 1.61. The average molecular weight is 396 g/mol. The highest BCUT2D eigenvalue weighted by atomic mass is 35.5. The molecule has 144 valence electrons. The molecule has 0 unspecified atom stereocenters. The van der Waals surface area contributed by atoms with E-state index in [0.29, 0.717) is 27.8 Å². The fourth-order valence-electron chi connectivity index (χ4n) is 2.85. The summed E-state index contributed by atoms with van der Waals surface area (Å²) >= 11 is 6.14. The summed E-state index contributed by atoms with van der Waals surface area (Å²) in [6, 6.07) is 16.2. The van der Waals surface area contributed by atoms with Gasteiger partial charge < -0.3 is 14.8 Å². The van der Waals surface area contributed by atoms with E-state index in [2.05, 4.69) is 5.32 Å². The van der Waals surface area contributed by atoms with Crippen LogP contribution in [0.5, 0.6) is 17.2 Å². The van der Waals surface area contributed by atoms with Crippen LogP contribution in [0.25, 0.3) is 0 Å². The second-order valence-corrected chi connectivity index (χ2v) is 7.06. The molecule has 0 saturated carbocycles. The molecule has 5 heteroatoms. The lowest BCUT2D eigenvalue weighted by molar-refractivity contribution is 0.102. The van der Waals surface area contributed by atoms with Crippen LogP contribution in [0.15, 0.2) is 54.6 Å². The number of halogens is 1. The molecule has 0 saturated heterocycles. The maximum absolute atomic E-state index is 12.9. The van der Waals surface area contributed by atoms with Crippen molar-refractivity contribution < 1.29 is 14.3 Å². The van der Waals surface area contributed by atoms with Gasteiger partial charge in [-0.2, -0.15) is 0 Å². The Labute approximate surface area is 170 Å². The lowest BCUT2D eigenvalue weighted by Crippen LogP contribution is -2.14. The Hall–Kier alpha value is -2.98. The smallest absolute Gasteiger partial charge is 0.256 e. The molecule has 28 heavy (non-hydrogen) atoms. The van der Waals surface area contributed by atoms with Crippen molar-refractivity contribution in [2.24, 2.45) is 0 Å². The number of aryl methyl sites for hydroxylation is 3. The van der Waals surface area contributed by atoms with E-state index in [1.54, 1.807) is 37.4 Å². The van der Waals surface area contributed by atoms with Gasteiger partial charge in [0.1, 0.15) is 11.5 Å². The Morgan fingerprint density at radius 1 is 0.857 bits per heavy atom. The molecule has 1 amide bonds. The number of ether oxygens (including phenoxy) is 2. The van der Waals surface area contributed by atoms with Crippen LogP contribution in [0.1, 0.15) is 27.0 Å². The third-order valence-corrected chi connectivity index (χ3v) is 4.80. The molecule has 0 radical (unpaired) electrons. The van der Waals surface area contributed by atoms with Gasteiger partial charge in [0.05, 0.1) is 12.8 Å². The molecular formula is C23H22ClNO3. The number of carbonyl (C=O) groups is 1. The first kappa shape index (κ1) is 19.8. The molecular weight excluding hydrogens is 374 g/mol. The monoisotopic (exact) mass is 395 g/mol. The van der Waals surface area contributed by atoms with Gasteiger partial charge in [0, 0.05) is 10.6 Å². The first-order valence-electron chi connectivity index (χ1n) is 8.88. The summed E-state index contributed by atoms with van der Waals surface area (Å²) in [5.41, 5.74) is 4.27. The Balaban J connectivity index is 1.88. The molecule has 0 bridgehead atoms. The Morgan fingerprint density at radius 2 is 1.50 bits per heavy atom. The van der Waals surface area contributed by atoms with Gasteiger partial charge in [0.15, 0.2) is 5.75 Å². The number of hydrogen-bond acceptors (Lipinski definition) is 3. The van der Waals surface area contributed by atoms with Crippen LogP contribution in [-0.2, 0) is 0 Å². The number of rotatable bonds is 5. The Bertz CT molecular complexity index is 1010. The van der Waals surface area contributed by atoms with Gasteiger partial charge in [-0.05, 0) is 86.0 Å². The van der Waals surface area contributed by atoms with E-state index < -0.39 is 0 Å². The third-order valence-electron chi connectivity index (χ3n) is 4.56. The van der Waals surface area contributed by atoms with Crippen molar-refractivity contribution in [1.82, 2.24) is 0 Å². The molecule has 0 aliphatic rings. The molecule has 4 nitrogen and oxygen atoms in total. The quantitative estimate of drug-likeness (QED) is 0.550. The van der Waals surface area contributed by atoms with Gasteiger partial charge in [0.2, 0.25) is 0 Å². The van der Waals surface area contributed by atoms with Crippen LogP contribution < -0.4 is 14.8 Å². The van der Waals surface area contributed by atoms with Crippen molar-refractivity contribution in [2.45, 2.75) is 20.8 Å². The minimum atomic E-state index is -0.206. The first-order chi connectivity index (χ1) is 13.4. The molecule has 3 aromatic carbocycles. The molecule has 0 heterocycles. The topological polar surface area (TPSA) is 47.6 Å². The molecule has 3 rings (SSSR count). The summed E-state index contributed by atoms with van der Waals surface area (Å²) in [5, 5.41) is 3.43. The van der Waals surface area contributed by atoms with Crippen molar-refractivity contribution in [3.05, 3.63) is 81.9 Å². The first-order valence-corrected chi connectivity index (χ1v) is 9.26. The van der Waals surface area contributed by atoms with Crippen molar-refractivity contribution in [1.29, 1.82) is 0 Å². The van der Waals surface area contributed by atoms with Gasteiger partial charge >= 0.3 is 0 Å². The highest BCUT2D eigenvalue weighted by Crippen LogP contribution is 2.33. The minimum absolute atomic E-state index is 0.206. The maximum atomic E-state index is 12.9. The van der Waals surface area contributed by atoms with E-state index in [-0.39, 0.29) is 5.91 Å². The lowest BCUT2D eigenvalue weighted by atomic mass is 10.0. The lowest BCUT2D eigenvalue weighted by Gasteiger charge is -2.15. The van der Waals surface area contributed by atoms with E-state index in [1.165, 1.54) is 0 Å². The molecule has 0 fully saturated rings. The van der Waals surface area contributed by atoms with Crippen LogP contribution in [0.4, 0.5) is 5.69 Å². The standard InChI is InChI=1S/C23H22ClNO3/c1-14-11-16(3)20(12-15(14)2)23(26)25-21-13-17(24)5-10-22(21)28-19-8-6-18(27-4)7-9-19/h5-13H,1-4H3,(H,25,26). The summed E-state index contributed by atoms with van der Waals surface area (Å²) in [6.07, 6.45) is 0. The third kappa shape index (κ3) is 4.46. The molecule has 0 aliphatic carbocycles. The molecule has 0 aromatic heterocycles. The zero-order valence-corrected chi connectivity index (χ0v) is 17.1. The van der Waals surface area contributed by atoms with Gasteiger partial charge in [-0.25, -0.2) is 0 Å². The number of benzene rings is 3. The fourth-order valence-corrected chi connectivity index (χ4v) is 3.03. The zero-order chi connectivity index (χ0) is 20.3. The maximum Gasteiger partial charge on any atom is 0.256 e. The predicted octanol–water partition coefficient (Wildman–Crippen LogP) is 6.32. The molecule has 0 atom stereocenters. The van der Waals surface area contributed by atoms with Crippen molar-refractivity contribution in [3.8, 4) is 17.2 Å². The SMILES string of the molecule is COc1ccc(Oc2ccc(Cl)cc2NC(=O)c2cc(C)c(C)cc2C)cc1. The Kier molecular flexibility index (Phi) is 5.90. The second kappa shape index (κ2) is 8.36. The van der Waals surface area contributed by atoms with E-state index in [4.69, 9.17) is 21.1 Å². The van der Waals surface area contributed by atoms with E-state index in [0.717, 1.165) is 22.4 Å². The molecule has 1 N–H and O–H groups in total. The molecule has 0 aliphatic heterocycles. The van der Waals surface area contributed by atoms with Crippen molar-refractivity contribution in [2.75, 3.05) is 12.4 Å². The van der Waals surface area contributed by atoms with E-state index >= 15 is 0 Å². The minimum Gasteiger partial charge on any atom is -0.497 e. The summed E-state index contributed by atoms with van der Waals surface area (Å²) in [5.74, 6) is 1.66. The number of methoxy groups -OCH3 is 1. The van der Waals surface area contributed by atoms with Crippen LogP contribution in [0, 0.1) is 20.8 Å². The number of amides is 1. The van der Waals surface area contributed by atoms with Gasteiger partial charge in [-0.3, -0.25) is 4.79 Å². The van der Waals surface area contributed by atoms with Crippen molar-refractivity contribution >= 4 is 23.2 Å². The average Bonchev–Trinajstić information content (AvgIpc) is 2.67. The van der Waals surface area contributed by atoms with E-state index in [9.17, 15) is 4.79 Å².